The maximum absolute atomic E-state index is 3.87. The zero-order chi connectivity index (χ0) is 41.2. The molecule has 2 aromatic heterocycles. The minimum atomic E-state index is -0.0171. The van der Waals surface area contributed by atoms with E-state index >= 15 is 0 Å². The van der Waals surface area contributed by atoms with Gasteiger partial charge in [0.2, 0.25) is 0 Å². The van der Waals surface area contributed by atoms with Gasteiger partial charge < -0.3 is 9.88 Å². The number of fused-ring (bicyclic) bond motifs is 12. The zero-order valence-corrected chi connectivity index (χ0v) is 36.0. The minimum absolute atomic E-state index is 0.0171. The molecule has 61 heavy (non-hydrogen) atoms. The molecule has 12 rings (SSSR count). The molecule has 0 amide bonds. The summed E-state index contributed by atoms with van der Waals surface area (Å²) >= 11 is 1.90. The largest absolute Gasteiger partial charge is 0.378 e. The first kappa shape index (κ1) is 37.6. The van der Waals surface area contributed by atoms with E-state index in [2.05, 4.69) is 170 Å². The number of hydrogen-bond donors (Lipinski definition) is 1. The van der Waals surface area contributed by atoms with E-state index < -0.39 is 0 Å². The van der Waals surface area contributed by atoms with Crippen molar-refractivity contribution in [2.24, 2.45) is 0 Å². The lowest BCUT2D eigenvalue weighted by atomic mass is 9.79. The van der Waals surface area contributed by atoms with Crippen LogP contribution in [-0.2, 0) is 11.8 Å². The third-order valence-electron chi connectivity index (χ3n) is 13.6. The van der Waals surface area contributed by atoms with E-state index in [1.165, 1.54) is 98.2 Å². The fourth-order valence-corrected chi connectivity index (χ4v) is 11.8. The van der Waals surface area contributed by atoms with Crippen LogP contribution < -0.4 is 5.32 Å². The fourth-order valence-electron chi connectivity index (χ4n) is 10.7. The van der Waals surface area contributed by atoms with Crippen molar-refractivity contribution in [1.82, 2.24) is 4.57 Å². The molecule has 3 heteroatoms. The Hall–Kier alpha value is -6.42. The van der Waals surface area contributed by atoms with Crippen molar-refractivity contribution < 1.29 is 0 Å². The molecule has 2 atom stereocenters. The van der Waals surface area contributed by atoms with Crippen LogP contribution in [0.15, 0.2) is 176 Å². The van der Waals surface area contributed by atoms with E-state index in [4.69, 9.17) is 0 Å². The standard InChI is InChI=1S/C51H40N2S.C7H10/c1-51(2)42-15-7-3-11-35(42)36-21-19-30(28-43(36)51)32-25-33(31-20-22-39-38-13-6-10-18-47(38)54-48(39)29-31)27-34(26-32)53-46-17-9-5-12-37(46)40-23-24-45-49(50(40)53)41-14-4-8-16-44(41)52-45;1-3-5-7-6-4-2/h4,6-10,13-29,41,44,52H,3,5,11-12H2,1-2H3;3-7H,1H2,2H3/b;6-4-,7-5-. The van der Waals surface area contributed by atoms with E-state index in [0.29, 0.717) is 5.92 Å². The molecule has 0 saturated carbocycles. The predicted octanol–water partition coefficient (Wildman–Crippen LogP) is 16.0. The summed E-state index contributed by atoms with van der Waals surface area (Å²) in [5, 5.41) is 7.94. The quantitative estimate of drug-likeness (QED) is 0.171. The maximum Gasteiger partial charge on any atom is 0.0597 e. The highest BCUT2D eigenvalue weighted by Crippen LogP contribution is 2.52. The Balaban J connectivity index is 0.000000556. The molecule has 0 radical (unpaired) electrons. The Bertz CT molecular complexity index is 3180. The second-order valence-corrected chi connectivity index (χ2v) is 18.6. The van der Waals surface area contributed by atoms with E-state index in [1.54, 1.807) is 11.6 Å². The Morgan fingerprint density at radius 3 is 2.38 bits per heavy atom. The van der Waals surface area contributed by atoms with Gasteiger partial charge in [-0.1, -0.05) is 142 Å². The summed E-state index contributed by atoms with van der Waals surface area (Å²) in [4.78, 5) is 0. The fraction of sp³-hybridized carbons (Fsp3) is 0.172. The number of allylic oxidation sites excluding steroid dienone is 12. The molecule has 298 valence electrons. The van der Waals surface area contributed by atoms with Gasteiger partial charge in [0.15, 0.2) is 0 Å². The monoisotopic (exact) mass is 806 g/mol. The number of aromatic nitrogens is 1. The molecule has 0 fully saturated rings. The number of nitrogens with one attached hydrogen (secondary N) is 1. The van der Waals surface area contributed by atoms with Crippen LogP contribution in [0.1, 0.15) is 73.9 Å². The summed E-state index contributed by atoms with van der Waals surface area (Å²) in [7, 11) is 0. The topological polar surface area (TPSA) is 17.0 Å². The maximum atomic E-state index is 3.87. The van der Waals surface area contributed by atoms with Gasteiger partial charge in [0.1, 0.15) is 0 Å². The summed E-state index contributed by atoms with van der Waals surface area (Å²) in [6.07, 6.45) is 32.6. The van der Waals surface area contributed by atoms with Gasteiger partial charge in [0, 0.05) is 59.5 Å². The normalized spacial score (nSPS) is 19.0. The number of thiophene rings is 1. The van der Waals surface area contributed by atoms with Gasteiger partial charge in [-0.2, -0.15) is 0 Å². The molecule has 2 unspecified atom stereocenters. The summed E-state index contributed by atoms with van der Waals surface area (Å²) in [5.74, 6) is 0.303. The number of nitrogens with zero attached hydrogens (tertiary/aromatic N) is 1. The van der Waals surface area contributed by atoms with Crippen molar-refractivity contribution in [1.29, 1.82) is 0 Å². The van der Waals surface area contributed by atoms with Crippen molar-refractivity contribution in [3.05, 3.63) is 204 Å². The Morgan fingerprint density at radius 1 is 0.738 bits per heavy atom. The Kier molecular flexibility index (Phi) is 9.20. The summed E-state index contributed by atoms with van der Waals surface area (Å²) in [6.45, 7) is 10.3. The van der Waals surface area contributed by atoms with Crippen LogP contribution in [0, 0.1) is 0 Å². The molecule has 1 N–H and O–H groups in total. The lowest BCUT2D eigenvalue weighted by molar-refractivity contribution is 0.651. The molecule has 2 nitrogen and oxygen atoms in total. The number of benzene rings is 5. The second kappa shape index (κ2) is 14.9. The van der Waals surface area contributed by atoms with Crippen LogP contribution in [0.3, 0.4) is 0 Å². The first-order valence-corrected chi connectivity index (χ1v) is 22.8. The molecule has 1 aliphatic heterocycles. The van der Waals surface area contributed by atoms with Gasteiger partial charge in [0.05, 0.1) is 11.6 Å². The third kappa shape index (κ3) is 6.12. The van der Waals surface area contributed by atoms with Crippen molar-refractivity contribution in [3.8, 4) is 27.9 Å². The first-order valence-electron chi connectivity index (χ1n) is 21.9. The van der Waals surface area contributed by atoms with Gasteiger partial charge in [-0.25, -0.2) is 0 Å². The van der Waals surface area contributed by atoms with Crippen LogP contribution in [0.25, 0.3) is 70.7 Å². The first-order chi connectivity index (χ1) is 29.9. The van der Waals surface area contributed by atoms with E-state index in [9.17, 15) is 0 Å². The predicted molar refractivity (Wildman–Crippen MR) is 265 cm³/mol. The SMILES string of the molecule is C=C/C=C\C=C/C.CC1(C)C2=C(CCC=C2)c2ccc(-c3cc(-c4ccc5c(c4)sc4ccccc45)cc(-n4c5c(c6ccc7c(c64)C4C=CC=CC4N7)CCC=C5)c3)cc21. The van der Waals surface area contributed by atoms with Crippen molar-refractivity contribution in [2.75, 3.05) is 5.32 Å². The summed E-state index contributed by atoms with van der Waals surface area (Å²) in [6, 6.07) is 35.6. The summed E-state index contributed by atoms with van der Waals surface area (Å²) in [5.41, 5.74) is 19.0. The van der Waals surface area contributed by atoms with E-state index in [1.807, 2.05) is 42.6 Å². The van der Waals surface area contributed by atoms with Gasteiger partial charge in [0.25, 0.3) is 0 Å². The molecule has 7 aromatic rings. The average molecular weight is 807 g/mol. The highest BCUT2D eigenvalue weighted by molar-refractivity contribution is 7.25. The van der Waals surface area contributed by atoms with Crippen molar-refractivity contribution in [2.45, 2.75) is 63.8 Å². The van der Waals surface area contributed by atoms with Gasteiger partial charge >= 0.3 is 0 Å². The Labute approximate surface area is 363 Å². The Morgan fingerprint density at radius 2 is 1.51 bits per heavy atom. The van der Waals surface area contributed by atoms with Crippen LogP contribution in [-0.4, -0.2) is 10.6 Å². The molecule has 4 aliphatic carbocycles. The lowest BCUT2D eigenvalue weighted by Gasteiger charge is -2.24. The average Bonchev–Trinajstić information content (AvgIpc) is 4.03. The molecule has 0 spiro atoms. The van der Waals surface area contributed by atoms with Crippen LogP contribution >= 0.6 is 11.3 Å². The molecule has 5 aromatic carbocycles. The second-order valence-electron chi connectivity index (χ2n) is 17.5. The minimum Gasteiger partial charge on any atom is -0.378 e. The van der Waals surface area contributed by atoms with Gasteiger partial charge in [-0.15, -0.1) is 11.3 Å². The number of anilines is 1. The molecular formula is C58H50N2S. The van der Waals surface area contributed by atoms with Crippen molar-refractivity contribution in [3.63, 3.8) is 0 Å². The van der Waals surface area contributed by atoms with Crippen LogP contribution in [0.5, 0.6) is 0 Å². The van der Waals surface area contributed by atoms with Gasteiger partial charge in [-0.3, -0.25) is 0 Å². The van der Waals surface area contributed by atoms with E-state index in [0.717, 1.165) is 25.7 Å². The number of hydrogen-bond acceptors (Lipinski definition) is 2. The van der Waals surface area contributed by atoms with Crippen LogP contribution in [0.2, 0.25) is 0 Å². The lowest BCUT2D eigenvalue weighted by Crippen LogP contribution is -2.17. The molecule has 0 bridgehead atoms. The van der Waals surface area contributed by atoms with Crippen molar-refractivity contribution >= 4 is 59.7 Å². The zero-order valence-electron chi connectivity index (χ0n) is 35.2. The third-order valence-corrected chi connectivity index (χ3v) is 14.7. The number of aryl methyl sites for hydroxylation is 1. The summed E-state index contributed by atoms with van der Waals surface area (Å²) < 4.78 is 5.29. The molecular weight excluding hydrogens is 757 g/mol. The van der Waals surface area contributed by atoms with E-state index in [-0.39, 0.29) is 11.5 Å². The molecule has 5 aliphatic rings. The molecule has 0 saturated heterocycles. The number of rotatable bonds is 5. The van der Waals surface area contributed by atoms with Gasteiger partial charge in [-0.05, 0) is 131 Å². The highest BCUT2D eigenvalue weighted by Gasteiger charge is 2.38. The molecule has 3 heterocycles. The highest BCUT2D eigenvalue weighted by atomic mass is 32.1. The van der Waals surface area contributed by atoms with Crippen LogP contribution in [0.4, 0.5) is 5.69 Å². The smallest absolute Gasteiger partial charge is 0.0597 e.